The van der Waals surface area contributed by atoms with Gasteiger partial charge in [0.15, 0.2) is 0 Å². The predicted molar refractivity (Wildman–Crippen MR) is 115 cm³/mol. The monoisotopic (exact) mass is 409 g/mol. The molecule has 1 amide bonds. The number of benzene rings is 2. The molecule has 142 valence electrons. The van der Waals surface area contributed by atoms with Gasteiger partial charge >= 0.3 is 6.09 Å². The highest BCUT2D eigenvalue weighted by molar-refractivity contribution is 7.16. The zero-order valence-electron chi connectivity index (χ0n) is 15.8. The van der Waals surface area contributed by atoms with Crippen LogP contribution in [0.4, 0.5) is 10.5 Å². The molecule has 0 aliphatic heterocycles. The van der Waals surface area contributed by atoms with Crippen LogP contribution >= 0.6 is 22.7 Å². The molecular formula is C21H19N3O2S2. The van der Waals surface area contributed by atoms with E-state index in [1.807, 2.05) is 25.1 Å². The largest absolute Gasteiger partial charge is 0.444 e. The number of nitrogens with one attached hydrogen (secondary N) is 1. The summed E-state index contributed by atoms with van der Waals surface area (Å²) in [6.45, 7) is 6.30. The quantitative estimate of drug-likeness (QED) is 0.443. The van der Waals surface area contributed by atoms with Gasteiger partial charge < -0.3 is 4.74 Å². The number of anilines is 1. The Bertz CT molecular complexity index is 1160. The molecule has 0 aliphatic rings. The minimum Gasteiger partial charge on any atom is -0.444 e. The first-order valence-corrected chi connectivity index (χ1v) is 10.5. The molecule has 4 rings (SSSR count). The summed E-state index contributed by atoms with van der Waals surface area (Å²) in [7, 11) is 0. The van der Waals surface area contributed by atoms with Crippen molar-refractivity contribution in [3.05, 3.63) is 63.6 Å². The summed E-state index contributed by atoms with van der Waals surface area (Å²) in [4.78, 5) is 22.0. The molecule has 0 saturated carbocycles. The van der Waals surface area contributed by atoms with E-state index in [9.17, 15) is 4.79 Å². The molecule has 2 aromatic heterocycles. The first-order chi connectivity index (χ1) is 13.5. The van der Waals surface area contributed by atoms with Gasteiger partial charge in [0, 0.05) is 11.3 Å². The van der Waals surface area contributed by atoms with E-state index in [1.54, 1.807) is 16.8 Å². The van der Waals surface area contributed by atoms with Crippen LogP contribution < -0.4 is 5.32 Å². The lowest BCUT2D eigenvalue weighted by molar-refractivity contribution is 0.156. The number of ether oxygens (including phenoxy) is 1. The number of rotatable bonds is 4. The number of carbonyl (C=O) groups excluding carboxylic acids is 1. The number of thiazole rings is 2. The maximum atomic E-state index is 12.2. The fourth-order valence-electron chi connectivity index (χ4n) is 2.95. The molecule has 0 saturated heterocycles. The Morgan fingerprint density at radius 1 is 1.14 bits per heavy atom. The minimum atomic E-state index is -0.482. The Kier molecular flexibility index (Phi) is 5.11. The minimum absolute atomic E-state index is 0.197. The van der Waals surface area contributed by atoms with Gasteiger partial charge in [-0.25, -0.2) is 14.8 Å². The number of fused-ring (bicyclic) bond motifs is 1. The number of amides is 1. The molecule has 4 aromatic rings. The summed E-state index contributed by atoms with van der Waals surface area (Å²) in [5.41, 5.74) is 7.82. The van der Waals surface area contributed by atoms with Crippen molar-refractivity contribution in [2.75, 3.05) is 5.32 Å². The molecule has 7 heteroatoms. The van der Waals surface area contributed by atoms with E-state index in [2.05, 4.69) is 47.3 Å². The first kappa shape index (κ1) is 18.6. The molecular weight excluding hydrogens is 390 g/mol. The third-order valence-electron chi connectivity index (χ3n) is 4.42. The second-order valence-electron chi connectivity index (χ2n) is 6.58. The number of hydrogen-bond acceptors (Lipinski definition) is 6. The van der Waals surface area contributed by atoms with Gasteiger partial charge in [-0.2, -0.15) is 0 Å². The molecule has 0 atom stereocenters. The van der Waals surface area contributed by atoms with Crippen LogP contribution in [0.3, 0.4) is 0 Å². The highest BCUT2D eigenvalue weighted by Crippen LogP contribution is 2.31. The van der Waals surface area contributed by atoms with Gasteiger partial charge in [-0.15, -0.1) is 22.7 Å². The fraction of sp³-hybridized carbons (Fsp3) is 0.190. The van der Waals surface area contributed by atoms with Crippen molar-refractivity contribution in [1.82, 2.24) is 9.97 Å². The van der Waals surface area contributed by atoms with Gasteiger partial charge in [-0.3, -0.25) is 5.32 Å². The van der Waals surface area contributed by atoms with Crippen LogP contribution in [-0.4, -0.2) is 16.1 Å². The number of nitrogens with zero attached hydrogens (tertiary/aromatic N) is 2. The molecule has 0 radical (unpaired) electrons. The van der Waals surface area contributed by atoms with Crippen LogP contribution in [0.2, 0.25) is 0 Å². The highest BCUT2D eigenvalue weighted by atomic mass is 32.1. The van der Waals surface area contributed by atoms with Gasteiger partial charge in [-0.05, 0) is 44.5 Å². The van der Waals surface area contributed by atoms with Crippen molar-refractivity contribution in [3.8, 4) is 10.6 Å². The van der Waals surface area contributed by atoms with Gasteiger partial charge in [-0.1, -0.05) is 23.8 Å². The Balaban J connectivity index is 1.43. The summed E-state index contributed by atoms with van der Waals surface area (Å²) >= 11 is 3.09. The Hall–Kier alpha value is -2.77. The fourth-order valence-corrected chi connectivity index (χ4v) is 4.73. The van der Waals surface area contributed by atoms with E-state index in [0.717, 1.165) is 31.4 Å². The van der Waals surface area contributed by atoms with Crippen LogP contribution in [-0.2, 0) is 11.3 Å². The van der Waals surface area contributed by atoms with Gasteiger partial charge in [0.1, 0.15) is 11.6 Å². The molecule has 0 bridgehead atoms. The molecule has 0 aliphatic carbocycles. The molecule has 0 fully saturated rings. The second kappa shape index (κ2) is 7.69. The van der Waals surface area contributed by atoms with Crippen molar-refractivity contribution < 1.29 is 9.53 Å². The molecule has 2 heterocycles. The normalized spacial score (nSPS) is 11.0. The smallest absolute Gasteiger partial charge is 0.411 e. The van der Waals surface area contributed by atoms with E-state index in [1.165, 1.54) is 22.5 Å². The molecule has 5 nitrogen and oxygen atoms in total. The van der Waals surface area contributed by atoms with Crippen molar-refractivity contribution in [2.45, 2.75) is 27.4 Å². The maximum Gasteiger partial charge on any atom is 0.411 e. The predicted octanol–water partition coefficient (Wildman–Crippen LogP) is 6.09. The summed E-state index contributed by atoms with van der Waals surface area (Å²) in [5, 5.41) is 3.72. The summed E-state index contributed by atoms with van der Waals surface area (Å²) in [6, 6.07) is 11.9. The van der Waals surface area contributed by atoms with Crippen LogP contribution in [0.1, 0.15) is 21.7 Å². The van der Waals surface area contributed by atoms with E-state index < -0.39 is 6.09 Å². The SMILES string of the molecule is Cc1ccc(-c2nc(C)c(COC(=O)Nc3ccc4ncsc4c3)s2)c(C)c1. The first-order valence-electron chi connectivity index (χ1n) is 8.80. The molecule has 0 unspecified atom stereocenters. The van der Waals surface area contributed by atoms with Crippen molar-refractivity contribution in [2.24, 2.45) is 0 Å². The van der Waals surface area contributed by atoms with Crippen LogP contribution in [0, 0.1) is 20.8 Å². The van der Waals surface area contributed by atoms with Crippen molar-refractivity contribution in [1.29, 1.82) is 0 Å². The zero-order chi connectivity index (χ0) is 19.7. The third kappa shape index (κ3) is 3.90. The van der Waals surface area contributed by atoms with Crippen LogP contribution in [0.15, 0.2) is 41.9 Å². The molecule has 2 aromatic carbocycles. The van der Waals surface area contributed by atoms with Crippen LogP contribution in [0.25, 0.3) is 20.8 Å². The Morgan fingerprint density at radius 2 is 2.00 bits per heavy atom. The van der Waals surface area contributed by atoms with Gasteiger partial charge in [0.05, 0.1) is 26.3 Å². The van der Waals surface area contributed by atoms with Crippen molar-refractivity contribution in [3.63, 3.8) is 0 Å². The average molecular weight is 410 g/mol. The Morgan fingerprint density at radius 3 is 2.82 bits per heavy atom. The third-order valence-corrected chi connectivity index (χ3v) is 6.37. The van der Waals surface area contributed by atoms with E-state index in [4.69, 9.17) is 4.74 Å². The van der Waals surface area contributed by atoms with Crippen molar-refractivity contribution >= 4 is 44.7 Å². The maximum absolute atomic E-state index is 12.2. The van der Waals surface area contributed by atoms with E-state index in [-0.39, 0.29) is 6.61 Å². The van der Waals surface area contributed by atoms with Gasteiger partial charge in [0.2, 0.25) is 0 Å². The summed E-state index contributed by atoms with van der Waals surface area (Å²) < 4.78 is 6.44. The number of hydrogen-bond donors (Lipinski definition) is 1. The lowest BCUT2D eigenvalue weighted by Gasteiger charge is -2.06. The number of carbonyl (C=O) groups is 1. The highest BCUT2D eigenvalue weighted by Gasteiger charge is 2.13. The lowest BCUT2D eigenvalue weighted by atomic mass is 10.1. The summed E-state index contributed by atoms with van der Waals surface area (Å²) in [5.74, 6) is 0. The standard InChI is InChI=1S/C21H19N3O2S2/c1-12-4-6-16(13(2)8-12)20-23-14(3)19(28-20)10-26-21(25)24-15-5-7-17-18(9-15)27-11-22-17/h4-9,11H,10H2,1-3H3,(H,24,25). The molecule has 0 spiro atoms. The van der Waals surface area contributed by atoms with Gasteiger partial charge in [0.25, 0.3) is 0 Å². The van der Waals surface area contributed by atoms with Crippen LogP contribution in [0.5, 0.6) is 0 Å². The Labute approximate surface area is 171 Å². The summed E-state index contributed by atoms with van der Waals surface area (Å²) in [6.07, 6.45) is -0.482. The van der Waals surface area contributed by atoms with E-state index >= 15 is 0 Å². The average Bonchev–Trinajstić information content (AvgIpc) is 3.26. The number of aryl methyl sites for hydroxylation is 3. The van der Waals surface area contributed by atoms with E-state index in [0.29, 0.717) is 5.69 Å². The lowest BCUT2D eigenvalue weighted by Crippen LogP contribution is -2.13. The topological polar surface area (TPSA) is 64.1 Å². The molecule has 1 N–H and O–H groups in total. The molecule has 28 heavy (non-hydrogen) atoms. The number of aromatic nitrogens is 2. The zero-order valence-corrected chi connectivity index (χ0v) is 17.4. The second-order valence-corrected chi connectivity index (χ2v) is 8.55.